The first-order valence-corrected chi connectivity index (χ1v) is 9.71. The lowest BCUT2D eigenvalue weighted by molar-refractivity contribution is -0.568. The topological polar surface area (TPSA) is 87.1 Å². The summed E-state index contributed by atoms with van der Waals surface area (Å²) < 4.78 is 6.38. The van der Waals surface area contributed by atoms with Crippen molar-refractivity contribution >= 4 is 28.7 Å². The van der Waals surface area contributed by atoms with Crippen LogP contribution in [0.2, 0.25) is 5.02 Å². The summed E-state index contributed by atoms with van der Waals surface area (Å²) in [5.74, 6) is 0.448. The number of rotatable bonds is 3. The van der Waals surface area contributed by atoms with Crippen LogP contribution >= 0.6 is 11.6 Å². The maximum absolute atomic E-state index is 13.6. The van der Waals surface area contributed by atoms with E-state index in [2.05, 4.69) is 10.5 Å². The van der Waals surface area contributed by atoms with Crippen LogP contribution < -0.4 is 5.43 Å². The number of hydroxylamine groups is 3. The Kier molecular flexibility index (Phi) is 4.69. The van der Waals surface area contributed by atoms with Crippen molar-refractivity contribution in [2.75, 3.05) is 5.43 Å². The van der Waals surface area contributed by atoms with Crippen LogP contribution in [0.25, 0.3) is 0 Å². The maximum Gasteiger partial charge on any atom is 0.292 e. The van der Waals surface area contributed by atoms with Crippen LogP contribution in [0, 0.1) is 5.21 Å². The zero-order valence-corrected chi connectivity index (χ0v) is 16.6. The molecule has 148 valence electrons. The molecule has 2 aliphatic rings. The number of furan rings is 1. The van der Waals surface area contributed by atoms with Crippen molar-refractivity contribution in [3.63, 3.8) is 0 Å². The Labute approximate surface area is 168 Å². The SMILES string of the molecule is CC1(C)C(c2ccco2)=[N+]([O-])[C@]2(CCCCC2=NNc2cccc(Cl)c2)N1O. The lowest BCUT2D eigenvalue weighted by Crippen LogP contribution is -2.60. The molecule has 1 saturated carbocycles. The summed E-state index contributed by atoms with van der Waals surface area (Å²) >= 11 is 6.04. The van der Waals surface area contributed by atoms with Crippen molar-refractivity contribution in [1.29, 1.82) is 0 Å². The number of nitrogens with one attached hydrogen (secondary N) is 1. The van der Waals surface area contributed by atoms with Gasteiger partial charge in [0.25, 0.3) is 11.4 Å². The second kappa shape index (κ2) is 6.92. The number of anilines is 1. The highest BCUT2D eigenvalue weighted by Crippen LogP contribution is 2.42. The predicted octanol–water partition coefficient (Wildman–Crippen LogP) is 4.45. The van der Waals surface area contributed by atoms with Gasteiger partial charge in [0, 0.05) is 11.4 Å². The van der Waals surface area contributed by atoms with Gasteiger partial charge in [0.2, 0.25) is 0 Å². The van der Waals surface area contributed by atoms with E-state index in [1.54, 1.807) is 38.1 Å². The van der Waals surface area contributed by atoms with Gasteiger partial charge in [0.05, 0.1) is 12.0 Å². The fourth-order valence-corrected chi connectivity index (χ4v) is 4.38. The van der Waals surface area contributed by atoms with Gasteiger partial charge in [-0.15, -0.1) is 5.06 Å². The van der Waals surface area contributed by atoms with Gasteiger partial charge < -0.3 is 14.8 Å². The maximum atomic E-state index is 13.6. The third-order valence-electron chi connectivity index (χ3n) is 5.55. The highest BCUT2D eigenvalue weighted by molar-refractivity contribution is 6.30. The molecule has 8 heteroatoms. The van der Waals surface area contributed by atoms with E-state index in [4.69, 9.17) is 16.0 Å². The standard InChI is InChI=1S/C20H23ClN4O3/c1-19(2)18(16-9-6-12-28-16)24(26)20(25(19)27)11-4-3-10-17(20)23-22-15-8-5-7-14(21)13-15/h5-9,12-13,22,27H,3-4,10-11H2,1-2H3/t20-/m1/s1. The molecule has 1 atom stereocenters. The van der Waals surface area contributed by atoms with Crippen molar-refractivity contribution in [3.05, 3.63) is 58.7 Å². The summed E-state index contributed by atoms with van der Waals surface area (Å²) in [6.07, 6.45) is 4.31. The first kappa shape index (κ1) is 19.0. The minimum atomic E-state index is -1.27. The molecule has 0 unspecified atom stereocenters. The molecule has 1 aliphatic heterocycles. The third-order valence-corrected chi connectivity index (χ3v) is 5.78. The molecular formula is C20H23ClN4O3. The lowest BCUT2D eigenvalue weighted by Gasteiger charge is -2.38. The number of hydrogen-bond acceptors (Lipinski definition) is 6. The molecule has 1 fully saturated rings. The van der Waals surface area contributed by atoms with Crippen LogP contribution in [0.5, 0.6) is 0 Å². The lowest BCUT2D eigenvalue weighted by atomic mass is 9.86. The summed E-state index contributed by atoms with van der Waals surface area (Å²) in [6, 6.07) is 10.7. The summed E-state index contributed by atoms with van der Waals surface area (Å²) in [5, 5.41) is 31.0. The van der Waals surface area contributed by atoms with Crippen LogP contribution in [0.3, 0.4) is 0 Å². The molecule has 4 rings (SSSR count). The van der Waals surface area contributed by atoms with E-state index in [0.29, 0.717) is 35.0 Å². The molecule has 1 aromatic heterocycles. The average molecular weight is 403 g/mol. The van der Waals surface area contributed by atoms with E-state index < -0.39 is 11.2 Å². The fraction of sp³-hybridized carbons (Fsp3) is 0.400. The number of hydrogen-bond donors (Lipinski definition) is 2. The smallest absolute Gasteiger partial charge is 0.292 e. The first-order valence-electron chi connectivity index (χ1n) is 9.34. The molecule has 0 bridgehead atoms. The molecule has 2 aromatic rings. The van der Waals surface area contributed by atoms with Gasteiger partial charge in [0.15, 0.2) is 5.76 Å². The Balaban J connectivity index is 1.79. The quantitative estimate of drug-likeness (QED) is 0.449. The van der Waals surface area contributed by atoms with Crippen LogP contribution in [0.15, 0.2) is 52.2 Å². The Hall–Kier alpha value is -2.35. The zero-order valence-electron chi connectivity index (χ0n) is 15.9. The molecule has 28 heavy (non-hydrogen) atoms. The molecular weight excluding hydrogens is 380 g/mol. The van der Waals surface area contributed by atoms with E-state index in [1.165, 1.54) is 6.26 Å². The van der Waals surface area contributed by atoms with E-state index in [9.17, 15) is 10.4 Å². The molecule has 2 N–H and O–H groups in total. The number of nitrogens with zero attached hydrogens (tertiary/aromatic N) is 3. The highest BCUT2D eigenvalue weighted by Gasteiger charge is 2.66. The molecule has 0 amide bonds. The summed E-state index contributed by atoms with van der Waals surface area (Å²) in [4.78, 5) is 0. The summed E-state index contributed by atoms with van der Waals surface area (Å²) in [5.41, 5.74) is 2.48. The summed E-state index contributed by atoms with van der Waals surface area (Å²) in [6.45, 7) is 3.61. The van der Waals surface area contributed by atoms with Crippen LogP contribution in [0.1, 0.15) is 45.3 Å². The van der Waals surface area contributed by atoms with Gasteiger partial charge in [-0.05, 0) is 63.4 Å². The first-order chi connectivity index (χ1) is 13.4. The predicted molar refractivity (Wildman–Crippen MR) is 108 cm³/mol. The van der Waals surface area contributed by atoms with Crippen molar-refractivity contribution in [3.8, 4) is 0 Å². The molecule has 1 aliphatic carbocycles. The van der Waals surface area contributed by atoms with Gasteiger partial charge in [-0.1, -0.05) is 17.7 Å². The molecule has 1 spiro atoms. The number of benzene rings is 1. The second-order valence-corrected chi connectivity index (χ2v) is 8.13. The highest BCUT2D eigenvalue weighted by atomic mass is 35.5. The second-order valence-electron chi connectivity index (χ2n) is 7.70. The van der Waals surface area contributed by atoms with Gasteiger partial charge >= 0.3 is 0 Å². The largest absolute Gasteiger partial charge is 0.622 e. The van der Waals surface area contributed by atoms with Gasteiger partial charge in [-0.25, -0.2) is 0 Å². The Morgan fingerprint density at radius 3 is 2.82 bits per heavy atom. The Morgan fingerprint density at radius 1 is 1.29 bits per heavy atom. The van der Waals surface area contributed by atoms with Crippen molar-refractivity contribution in [2.45, 2.75) is 50.7 Å². The van der Waals surface area contributed by atoms with Gasteiger partial charge in [-0.2, -0.15) is 9.84 Å². The molecule has 2 heterocycles. The number of halogens is 1. The van der Waals surface area contributed by atoms with E-state index in [1.807, 2.05) is 12.1 Å². The van der Waals surface area contributed by atoms with E-state index >= 15 is 0 Å². The van der Waals surface area contributed by atoms with Gasteiger partial charge in [0.1, 0.15) is 11.3 Å². The normalized spacial score (nSPS) is 26.4. The number of hydrazone groups is 1. The monoisotopic (exact) mass is 402 g/mol. The molecule has 0 saturated heterocycles. The van der Waals surface area contributed by atoms with Crippen molar-refractivity contribution in [2.24, 2.45) is 5.10 Å². The van der Waals surface area contributed by atoms with E-state index in [-0.39, 0.29) is 0 Å². The van der Waals surface area contributed by atoms with E-state index in [0.717, 1.165) is 28.3 Å². The third kappa shape index (κ3) is 2.82. The summed E-state index contributed by atoms with van der Waals surface area (Å²) in [7, 11) is 0. The average Bonchev–Trinajstić information content (AvgIpc) is 3.23. The molecule has 1 aromatic carbocycles. The minimum Gasteiger partial charge on any atom is -0.622 e. The molecule has 7 nitrogen and oxygen atoms in total. The zero-order chi connectivity index (χ0) is 19.9. The van der Waals surface area contributed by atoms with Gasteiger partial charge in [-0.3, -0.25) is 5.43 Å². The van der Waals surface area contributed by atoms with Crippen molar-refractivity contribution in [1.82, 2.24) is 5.06 Å². The fourth-order valence-electron chi connectivity index (χ4n) is 4.19. The Morgan fingerprint density at radius 2 is 2.11 bits per heavy atom. The van der Waals surface area contributed by atoms with Crippen LogP contribution in [0.4, 0.5) is 5.69 Å². The minimum absolute atomic E-state index is 0.386. The molecule has 0 radical (unpaired) electrons. The van der Waals surface area contributed by atoms with Crippen molar-refractivity contribution < 1.29 is 14.4 Å². The Bertz CT molecular complexity index is 939. The van der Waals surface area contributed by atoms with Crippen LogP contribution in [-0.4, -0.2) is 37.6 Å². The van der Waals surface area contributed by atoms with Crippen LogP contribution in [-0.2, 0) is 0 Å².